The topological polar surface area (TPSA) is 87.7 Å². The van der Waals surface area contributed by atoms with Crippen molar-refractivity contribution >= 4 is 23.6 Å². The zero-order valence-electron chi connectivity index (χ0n) is 20.5. The SMILES string of the molecule is CC(C)CCNC(=O)C1C(c2cccc(NC(=O)c3ccccc3)c2)OC(=O)N1Cc1ccccc1. The highest BCUT2D eigenvalue weighted by Gasteiger charge is 2.47. The van der Waals surface area contributed by atoms with Crippen LogP contribution in [0.25, 0.3) is 0 Å². The Morgan fingerprint density at radius 1 is 0.944 bits per heavy atom. The van der Waals surface area contributed by atoms with E-state index in [4.69, 9.17) is 4.74 Å². The second-order valence-electron chi connectivity index (χ2n) is 9.28. The molecule has 0 saturated carbocycles. The van der Waals surface area contributed by atoms with Gasteiger partial charge in [0, 0.05) is 17.8 Å². The largest absolute Gasteiger partial charge is 0.438 e. The van der Waals surface area contributed by atoms with Crippen LogP contribution < -0.4 is 10.6 Å². The summed E-state index contributed by atoms with van der Waals surface area (Å²) in [6.45, 7) is 4.95. The lowest BCUT2D eigenvalue weighted by atomic mass is 9.99. The Kier molecular flexibility index (Phi) is 8.00. The number of nitrogens with zero attached hydrogens (tertiary/aromatic N) is 1. The second-order valence-corrected chi connectivity index (χ2v) is 9.28. The van der Waals surface area contributed by atoms with Crippen LogP contribution in [0.15, 0.2) is 84.9 Å². The van der Waals surface area contributed by atoms with Crippen molar-refractivity contribution in [2.45, 2.75) is 39.0 Å². The molecule has 1 heterocycles. The summed E-state index contributed by atoms with van der Waals surface area (Å²) in [6.07, 6.45) is -0.530. The van der Waals surface area contributed by atoms with Crippen LogP contribution in [0.5, 0.6) is 0 Å². The van der Waals surface area contributed by atoms with E-state index in [1.54, 1.807) is 48.5 Å². The number of rotatable bonds is 9. The van der Waals surface area contributed by atoms with Crippen LogP contribution in [0.2, 0.25) is 0 Å². The molecule has 2 unspecified atom stereocenters. The Labute approximate surface area is 211 Å². The summed E-state index contributed by atoms with van der Waals surface area (Å²) < 4.78 is 5.75. The van der Waals surface area contributed by atoms with Crippen molar-refractivity contribution < 1.29 is 19.1 Å². The van der Waals surface area contributed by atoms with Gasteiger partial charge in [-0.05, 0) is 47.7 Å². The number of hydrogen-bond donors (Lipinski definition) is 2. The molecule has 1 aliphatic rings. The maximum absolute atomic E-state index is 13.3. The molecule has 186 valence electrons. The van der Waals surface area contributed by atoms with Gasteiger partial charge < -0.3 is 15.4 Å². The van der Waals surface area contributed by atoms with Gasteiger partial charge in [-0.1, -0.05) is 74.5 Å². The smallest absolute Gasteiger partial charge is 0.411 e. The number of hydrogen-bond acceptors (Lipinski definition) is 4. The monoisotopic (exact) mass is 485 g/mol. The zero-order chi connectivity index (χ0) is 25.5. The van der Waals surface area contributed by atoms with Gasteiger partial charge in [0.2, 0.25) is 5.91 Å². The third-order valence-corrected chi connectivity index (χ3v) is 6.08. The Morgan fingerprint density at radius 3 is 2.33 bits per heavy atom. The number of carbonyl (C=O) groups excluding carboxylic acids is 3. The van der Waals surface area contributed by atoms with Crippen LogP contribution in [0.3, 0.4) is 0 Å². The lowest BCUT2D eigenvalue weighted by Gasteiger charge is -2.24. The minimum atomic E-state index is -0.843. The molecule has 7 nitrogen and oxygen atoms in total. The first-order chi connectivity index (χ1) is 17.4. The lowest BCUT2D eigenvalue weighted by molar-refractivity contribution is -0.126. The normalized spacial score (nSPS) is 17.1. The van der Waals surface area contributed by atoms with Crippen LogP contribution >= 0.6 is 0 Å². The molecule has 0 spiro atoms. The van der Waals surface area contributed by atoms with E-state index >= 15 is 0 Å². The Balaban J connectivity index is 1.58. The molecule has 36 heavy (non-hydrogen) atoms. The number of benzene rings is 3. The van der Waals surface area contributed by atoms with Crippen LogP contribution in [0.1, 0.15) is 47.9 Å². The maximum atomic E-state index is 13.3. The van der Waals surface area contributed by atoms with Crippen molar-refractivity contribution in [1.82, 2.24) is 10.2 Å². The van der Waals surface area contributed by atoms with Gasteiger partial charge in [-0.15, -0.1) is 0 Å². The fourth-order valence-corrected chi connectivity index (χ4v) is 4.16. The number of carbonyl (C=O) groups is 3. The molecular weight excluding hydrogens is 454 g/mol. The van der Waals surface area contributed by atoms with Gasteiger partial charge in [-0.3, -0.25) is 14.5 Å². The summed E-state index contributed by atoms with van der Waals surface area (Å²) >= 11 is 0. The van der Waals surface area contributed by atoms with E-state index in [1.807, 2.05) is 36.4 Å². The number of cyclic esters (lactones) is 1. The molecule has 3 aromatic carbocycles. The van der Waals surface area contributed by atoms with E-state index in [0.717, 1.165) is 12.0 Å². The quantitative estimate of drug-likeness (QED) is 0.438. The van der Waals surface area contributed by atoms with Crippen molar-refractivity contribution in [3.8, 4) is 0 Å². The standard InChI is InChI=1S/C29H31N3O4/c1-20(2)16-17-30-28(34)25-26(36-29(35)32(25)19-21-10-5-3-6-11-21)23-14-9-15-24(18-23)31-27(33)22-12-7-4-8-13-22/h3-15,18,20,25-26H,16-17,19H2,1-2H3,(H,30,34)(H,31,33). The zero-order valence-corrected chi connectivity index (χ0v) is 20.5. The maximum Gasteiger partial charge on any atom is 0.411 e. The van der Waals surface area contributed by atoms with Crippen LogP contribution in [0, 0.1) is 5.92 Å². The third-order valence-electron chi connectivity index (χ3n) is 6.08. The summed E-state index contributed by atoms with van der Waals surface area (Å²) in [4.78, 5) is 40.4. The highest BCUT2D eigenvalue weighted by Crippen LogP contribution is 2.35. The van der Waals surface area contributed by atoms with Gasteiger partial charge >= 0.3 is 6.09 Å². The summed E-state index contributed by atoms with van der Waals surface area (Å²) in [6, 6.07) is 24.7. The summed E-state index contributed by atoms with van der Waals surface area (Å²) in [5.41, 5.74) is 2.62. The highest BCUT2D eigenvalue weighted by molar-refractivity contribution is 6.04. The van der Waals surface area contributed by atoms with Gasteiger partial charge in [-0.25, -0.2) is 4.79 Å². The molecule has 1 fully saturated rings. The van der Waals surface area contributed by atoms with E-state index in [-0.39, 0.29) is 18.4 Å². The predicted molar refractivity (Wildman–Crippen MR) is 138 cm³/mol. The molecule has 4 rings (SSSR count). The third kappa shape index (κ3) is 6.10. The average Bonchev–Trinajstić information content (AvgIpc) is 3.21. The molecule has 2 atom stereocenters. The van der Waals surface area contributed by atoms with Crippen molar-refractivity contribution in [3.05, 3.63) is 102 Å². The van der Waals surface area contributed by atoms with E-state index < -0.39 is 18.2 Å². The number of nitrogens with one attached hydrogen (secondary N) is 2. The van der Waals surface area contributed by atoms with E-state index in [0.29, 0.717) is 29.3 Å². The first-order valence-corrected chi connectivity index (χ1v) is 12.2. The van der Waals surface area contributed by atoms with E-state index in [9.17, 15) is 14.4 Å². The summed E-state index contributed by atoms with van der Waals surface area (Å²) in [5.74, 6) is -0.0705. The van der Waals surface area contributed by atoms with Crippen LogP contribution in [0.4, 0.5) is 10.5 Å². The molecule has 0 aromatic heterocycles. The number of ether oxygens (including phenoxy) is 1. The van der Waals surface area contributed by atoms with Crippen molar-refractivity contribution in [2.24, 2.45) is 5.92 Å². The highest BCUT2D eigenvalue weighted by atomic mass is 16.6. The first-order valence-electron chi connectivity index (χ1n) is 12.2. The molecule has 1 aliphatic heterocycles. The van der Waals surface area contributed by atoms with Gasteiger partial charge in [0.15, 0.2) is 12.1 Å². The molecule has 0 bridgehead atoms. The minimum absolute atomic E-state index is 0.246. The molecule has 2 N–H and O–H groups in total. The second kappa shape index (κ2) is 11.5. The number of amides is 3. The van der Waals surface area contributed by atoms with Crippen molar-refractivity contribution in [1.29, 1.82) is 0 Å². The fourth-order valence-electron chi connectivity index (χ4n) is 4.16. The predicted octanol–water partition coefficient (Wildman–Crippen LogP) is 5.16. The molecule has 3 amide bonds. The van der Waals surface area contributed by atoms with Gasteiger partial charge in [-0.2, -0.15) is 0 Å². The molecule has 0 radical (unpaired) electrons. The number of anilines is 1. The average molecular weight is 486 g/mol. The Hall–Kier alpha value is -4.13. The molecule has 0 aliphatic carbocycles. The Morgan fingerprint density at radius 2 is 1.64 bits per heavy atom. The van der Waals surface area contributed by atoms with Crippen LogP contribution in [-0.4, -0.2) is 35.4 Å². The van der Waals surface area contributed by atoms with Crippen molar-refractivity contribution in [3.63, 3.8) is 0 Å². The first kappa shape index (κ1) is 25.0. The lowest BCUT2D eigenvalue weighted by Crippen LogP contribution is -2.46. The summed E-state index contributed by atoms with van der Waals surface area (Å²) in [5, 5.41) is 5.86. The van der Waals surface area contributed by atoms with Gasteiger partial charge in [0.1, 0.15) is 0 Å². The molecule has 1 saturated heterocycles. The summed E-state index contributed by atoms with van der Waals surface area (Å²) in [7, 11) is 0. The fraction of sp³-hybridized carbons (Fsp3) is 0.276. The molecular formula is C29H31N3O4. The van der Waals surface area contributed by atoms with Gasteiger partial charge in [0.25, 0.3) is 5.91 Å². The van der Waals surface area contributed by atoms with E-state index in [1.165, 1.54) is 4.90 Å². The Bertz CT molecular complexity index is 1200. The minimum Gasteiger partial charge on any atom is -0.438 e. The molecule has 7 heteroatoms. The van der Waals surface area contributed by atoms with Gasteiger partial charge in [0.05, 0.1) is 6.54 Å². The molecule has 3 aromatic rings. The van der Waals surface area contributed by atoms with E-state index in [2.05, 4.69) is 24.5 Å². The van der Waals surface area contributed by atoms with Crippen LogP contribution in [-0.2, 0) is 16.1 Å². The van der Waals surface area contributed by atoms with Crippen molar-refractivity contribution in [2.75, 3.05) is 11.9 Å².